The van der Waals surface area contributed by atoms with Crippen LogP contribution in [-0.4, -0.2) is 25.2 Å². The maximum Gasteiger partial charge on any atom is 0.115 e. The number of methoxy groups -OCH3 is 1. The van der Waals surface area contributed by atoms with Crippen molar-refractivity contribution in [2.75, 3.05) is 20.3 Å². The molecule has 2 aromatic rings. The first-order valence-electron chi connectivity index (χ1n) is 12.5. The van der Waals surface area contributed by atoms with Gasteiger partial charge >= 0.3 is 0 Å². The van der Waals surface area contributed by atoms with Gasteiger partial charge in [-0.1, -0.05) is 73.3 Å². The fourth-order valence-electron chi connectivity index (χ4n) is 5.12. The molecule has 1 saturated carbocycles. The van der Waals surface area contributed by atoms with Gasteiger partial charge in [-0.25, -0.2) is 0 Å². The first kappa shape index (κ1) is 24.8. The predicted octanol–water partition coefficient (Wildman–Crippen LogP) is 7.55. The Hall–Kier alpha value is -3.30. The van der Waals surface area contributed by atoms with E-state index in [1.807, 2.05) is 19.1 Å². The number of hydrogen-bond donors (Lipinski definition) is 0. The molecule has 0 bridgehead atoms. The minimum Gasteiger partial charge on any atom is -0.492 e. The highest BCUT2D eigenvalue weighted by molar-refractivity contribution is 5.81. The Balaban J connectivity index is 1.84. The first-order chi connectivity index (χ1) is 17.1. The Bertz CT molecular complexity index is 1180. The zero-order valence-corrected chi connectivity index (χ0v) is 21.5. The van der Waals surface area contributed by atoms with Crippen molar-refractivity contribution in [2.24, 2.45) is 0 Å². The molecule has 182 valence electrons. The first-order valence-corrected chi connectivity index (χ1v) is 12.5. The normalized spacial score (nSPS) is 19.9. The van der Waals surface area contributed by atoms with Gasteiger partial charge in [0.1, 0.15) is 17.9 Å². The molecule has 0 N–H and O–H groups in total. The van der Waals surface area contributed by atoms with E-state index < -0.39 is 5.54 Å². The molecule has 0 aromatic heterocycles. The average Bonchev–Trinajstić information content (AvgIpc) is 3.68. The molecule has 0 saturated heterocycles. The molecule has 1 aliphatic carbocycles. The average molecular weight is 468 g/mol. The van der Waals surface area contributed by atoms with Gasteiger partial charge in [0, 0.05) is 24.9 Å². The highest BCUT2D eigenvalue weighted by atomic mass is 16.5. The number of benzene rings is 2. The Morgan fingerprint density at radius 3 is 2.34 bits per heavy atom. The van der Waals surface area contributed by atoms with E-state index >= 15 is 0 Å². The summed E-state index contributed by atoms with van der Waals surface area (Å²) in [5, 5.41) is 0. The summed E-state index contributed by atoms with van der Waals surface area (Å²) in [6.45, 7) is 12.9. The van der Waals surface area contributed by atoms with Crippen LogP contribution in [0.5, 0.6) is 0 Å². The lowest BCUT2D eigenvalue weighted by Gasteiger charge is -2.43. The zero-order chi connectivity index (χ0) is 24.8. The lowest BCUT2D eigenvalue weighted by molar-refractivity contribution is 0.114. The molecule has 2 aliphatic rings. The fraction of sp³-hybridized carbons (Fsp3) is 0.312. The molecule has 3 heteroatoms. The van der Waals surface area contributed by atoms with E-state index in [0.29, 0.717) is 13.2 Å². The molecule has 1 aliphatic heterocycles. The highest BCUT2D eigenvalue weighted by Crippen LogP contribution is 2.57. The second-order valence-electron chi connectivity index (χ2n) is 9.14. The van der Waals surface area contributed by atoms with Gasteiger partial charge in [-0.15, -0.1) is 0 Å². The van der Waals surface area contributed by atoms with Crippen LogP contribution < -0.4 is 0 Å². The summed E-state index contributed by atoms with van der Waals surface area (Å²) in [7, 11) is 1.69. The predicted molar refractivity (Wildman–Crippen MR) is 146 cm³/mol. The number of rotatable bonds is 10. The van der Waals surface area contributed by atoms with E-state index in [1.54, 1.807) is 7.11 Å². The van der Waals surface area contributed by atoms with Crippen molar-refractivity contribution in [1.82, 2.24) is 4.90 Å². The molecule has 1 unspecified atom stereocenters. The van der Waals surface area contributed by atoms with E-state index in [1.165, 1.54) is 33.5 Å². The summed E-state index contributed by atoms with van der Waals surface area (Å²) in [6, 6.07) is 19.6. The smallest absolute Gasteiger partial charge is 0.115 e. The van der Waals surface area contributed by atoms with Crippen molar-refractivity contribution >= 4 is 5.70 Å². The molecule has 0 amide bonds. The molecule has 1 fully saturated rings. The highest BCUT2D eigenvalue weighted by Gasteiger charge is 2.51. The van der Waals surface area contributed by atoms with Gasteiger partial charge in [0.15, 0.2) is 0 Å². The maximum absolute atomic E-state index is 5.90. The van der Waals surface area contributed by atoms with Crippen LogP contribution in [0.1, 0.15) is 50.3 Å². The van der Waals surface area contributed by atoms with Crippen molar-refractivity contribution in [2.45, 2.75) is 45.7 Å². The Kier molecular flexibility index (Phi) is 7.77. The zero-order valence-electron chi connectivity index (χ0n) is 21.5. The Morgan fingerprint density at radius 2 is 1.69 bits per heavy atom. The van der Waals surface area contributed by atoms with Gasteiger partial charge < -0.3 is 14.4 Å². The van der Waals surface area contributed by atoms with Crippen LogP contribution in [-0.2, 0) is 21.6 Å². The molecule has 0 spiro atoms. The molecule has 2 aromatic carbocycles. The standard InChI is InChI=1S/C32H37NO2/c1-6-24(3)32(25(4)17-20-28(7-2)35-22-21-34-5)30-16-12-11-15-29(30)31(27-18-19-27)33(32)23-26-13-9-8-10-14-26/h6-17,20H,4,18-19,21-23H2,1-3,5H3/b20-17-,24-6+,28-7+. The number of allylic oxidation sites excluding steroid dienone is 4. The number of ether oxygens (including phenoxy) is 2. The van der Waals surface area contributed by atoms with Gasteiger partial charge in [-0.3, -0.25) is 0 Å². The van der Waals surface area contributed by atoms with Crippen molar-refractivity contribution in [3.63, 3.8) is 0 Å². The summed E-state index contributed by atoms with van der Waals surface area (Å²) in [5.41, 5.74) is 8.68. The van der Waals surface area contributed by atoms with Crippen molar-refractivity contribution < 1.29 is 9.47 Å². The number of fused-ring (bicyclic) bond motifs is 1. The third kappa shape index (κ3) is 4.78. The van der Waals surface area contributed by atoms with Crippen LogP contribution in [0.3, 0.4) is 0 Å². The SMILES string of the molecule is C=C(/C=C\C(=C/C)OCCOC)C1(/C(C)=C/C)c2ccccc2C(=C2CC2)N1Cc1ccccc1. The maximum atomic E-state index is 5.90. The summed E-state index contributed by atoms with van der Waals surface area (Å²) >= 11 is 0. The molecular weight excluding hydrogens is 430 g/mol. The molecular formula is C32H37NO2. The van der Waals surface area contributed by atoms with Crippen molar-refractivity contribution in [3.8, 4) is 0 Å². The summed E-state index contributed by atoms with van der Waals surface area (Å²) in [6.07, 6.45) is 10.7. The molecule has 3 nitrogen and oxygen atoms in total. The van der Waals surface area contributed by atoms with Crippen molar-refractivity contribution in [3.05, 3.63) is 125 Å². The third-order valence-electron chi connectivity index (χ3n) is 7.02. The second-order valence-corrected chi connectivity index (χ2v) is 9.14. The van der Waals surface area contributed by atoms with E-state index in [4.69, 9.17) is 9.47 Å². The lowest BCUT2D eigenvalue weighted by atomic mass is 9.76. The van der Waals surface area contributed by atoms with Crippen LogP contribution in [0.25, 0.3) is 5.70 Å². The fourth-order valence-corrected chi connectivity index (χ4v) is 5.12. The van der Waals surface area contributed by atoms with Crippen LogP contribution in [0.4, 0.5) is 0 Å². The second kappa shape index (κ2) is 11.0. The van der Waals surface area contributed by atoms with Gasteiger partial charge in [0.05, 0.1) is 6.61 Å². The minimum absolute atomic E-state index is 0.464. The minimum atomic E-state index is -0.464. The van der Waals surface area contributed by atoms with Gasteiger partial charge in [0.25, 0.3) is 0 Å². The quantitative estimate of drug-likeness (QED) is 0.156. The van der Waals surface area contributed by atoms with E-state index in [2.05, 4.69) is 92.1 Å². The Morgan fingerprint density at radius 1 is 0.971 bits per heavy atom. The molecule has 4 rings (SSSR count). The molecule has 35 heavy (non-hydrogen) atoms. The topological polar surface area (TPSA) is 21.7 Å². The van der Waals surface area contributed by atoms with Gasteiger partial charge in [0.2, 0.25) is 0 Å². The van der Waals surface area contributed by atoms with Crippen molar-refractivity contribution in [1.29, 1.82) is 0 Å². The largest absolute Gasteiger partial charge is 0.492 e. The number of nitrogens with zero attached hydrogens (tertiary/aromatic N) is 1. The summed E-state index contributed by atoms with van der Waals surface area (Å²) < 4.78 is 11.0. The van der Waals surface area contributed by atoms with Crippen LogP contribution in [0.15, 0.2) is 108 Å². The van der Waals surface area contributed by atoms with E-state index in [0.717, 1.165) is 30.7 Å². The monoisotopic (exact) mass is 467 g/mol. The van der Waals surface area contributed by atoms with Crippen LogP contribution in [0.2, 0.25) is 0 Å². The summed E-state index contributed by atoms with van der Waals surface area (Å²) in [5.74, 6) is 0.818. The molecule has 0 radical (unpaired) electrons. The number of hydrogen-bond acceptors (Lipinski definition) is 3. The molecule has 1 atom stereocenters. The summed E-state index contributed by atoms with van der Waals surface area (Å²) in [4.78, 5) is 2.60. The molecule has 1 heterocycles. The van der Waals surface area contributed by atoms with E-state index in [9.17, 15) is 0 Å². The van der Waals surface area contributed by atoms with Gasteiger partial charge in [-0.05, 0) is 73.6 Å². The third-order valence-corrected chi connectivity index (χ3v) is 7.02. The van der Waals surface area contributed by atoms with Crippen LogP contribution in [0, 0.1) is 0 Å². The lowest BCUT2D eigenvalue weighted by Crippen LogP contribution is -2.42. The van der Waals surface area contributed by atoms with Gasteiger partial charge in [-0.2, -0.15) is 0 Å². The van der Waals surface area contributed by atoms with Crippen LogP contribution >= 0.6 is 0 Å². The Labute approximate surface area is 210 Å². The van der Waals surface area contributed by atoms with E-state index in [-0.39, 0.29) is 0 Å².